The van der Waals surface area contributed by atoms with Crippen LogP contribution in [0.15, 0.2) is 30.3 Å². The fraction of sp³-hybridized carbons (Fsp3) is 0.333. The van der Waals surface area contributed by atoms with E-state index in [1.54, 1.807) is 44.3 Å². The van der Waals surface area contributed by atoms with Crippen molar-refractivity contribution in [3.8, 4) is 0 Å². The predicted molar refractivity (Wildman–Crippen MR) is 63.9 cm³/mol. The summed E-state index contributed by atoms with van der Waals surface area (Å²) < 4.78 is 0. The van der Waals surface area contributed by atoms with Gasteiger partial charge in [0, 0.05) is 11.6 Å². The van der Waals surface area contributed by atoms with Crippen LogP contribution in [0.4, 0.5) is 0 Å². The third-order valence-corrected chi connectivity index (χ3v) is 2.54. The van der Waals surface area contributed by atoms with Crippen LogP contribution < -0.4 is 10.6 Å². The fourth-order valence-corrected chi connectivity index (χ4v) is 1.38. The number of benzene rings is 1. The van der Waals surface area contributed by atoms with Crippen molar-refractivity contribution in [2.45, 2.75) is 19.0 Å². The zero-order valence-electron chi connectivity index (χ0n) is 9.81. The molecular formula is C12H16N2O3. The number of aliphatic carboxylic acids is 1. The van der Waals surface area contributed by atoms with Crippen LogP contribution in [0.1, 0.15) is 17.3 Å². The van der Waals surface area contributed by atoms with Crippen molar-refractivity contribution in [3.63, 3.8) is 0 Å². The van der Waals surface area contributed by atoms with Crippen molar-refractivity contribution in [2.75, 3.05) is 7.05 Å². The molecule has 2 atom stereocenters. The normalized spacial score (nSPS) is 13.8. The first kappa shape index (κ1) is 13.2. The standard InChI is InChI=1S/C12H16N2O3/c1-8(13-2)10(12(16)17)14-11(15)9-6-4-3-5-7-9/h3-8,10,13H,1-2H3,(H,14,15)(H,16,17)/t8-,10+/m0/s1. The van der Waals surface area contributed by atoms with E-state index in [1.807, 2.05) is 0 Å². The molecule has 17 heavy (non-hydrogen) atoms. The lowest BCUT2D eigenvalue weighted by atomic mass is 10.1. The Balaban J connectivity index is 2.75. The Kier molecular flexibility index (Phi) is 4.66. The average molecular weight is 236 g/mol. The average Bonchev–Trinajstić information content (AvgIpc) is 2.35. The minimum Gasteiger partial charge on any atom is -0.480 e. The summed E-state index contributed by atoms with van der Waals surface area (Å²) in [6.45, 7) is 1.70. The predicted octanol–water partition coefficient (Wildman–Crippen LogP) is 0.477. The SMILES string of the molecule is CN[C@@H](C)[C@@H](NC(=O)c1ccccc1)C(=O)O. The molecule has 0 spiro atoms. The van der Waals surface area contributed by atoms with E-state index >= 15 is 0 Å². The molecule has 1 aromatic carbocycles. The summed E-state index contributed by atoms with van der Waals surface area (Å²) >= 11 is 0. The van der Waals surface area contributed by atoms with E-state index in [4.69, 9.17) is 5.11 Å². The Bertz CT molecular complexity index is 392. The van der Waals surface area contributed by atoms with Crippen LogP contribution in [0.5, 0.6) is 0 Å². The molecular weight excluding hydrogens is 220 g/mol. The Morgan fingerprint density at radius 1 is 1.24 bits per heavy atom. The van der Waals surface area contributed by atoms with Gasteiger partial charge in [0.15, 0.2) is 0 Å². The molecule has 1 rings (SSSR count). The van der Waals surface area contributed by atoms with Crippen LogP contribution >= 0.6 is 0 Å². The summed E-state index contributed by atoms with van der Waals surface area (Å²) in [5, 5.41) is 14.3. The first-order valence-electron chi connectivity index (χ1n) is 5.32. The topological polar surface area (TPSA) is 78.4 Å². The number of amides is 1. The second-order valence-corrected chi connectivity index (χ2v) is 3.73. The number of carboxylic acids is 1. The molecule has 92 valence electrons. The van der Waals surface area contributed by atoms with Crippen LogP contribution in [-0.4, -0.2) is 36.1 Å². The summed E-state index contributed by atoms with van der Waals surface area (Å²) in [5.74, 6) is -1.45. The van der Waals surface area contributed by atoms with Crippen molar-refractivity contribution in [1.82, 2.24) is 10.6 Å². The van der Waals surface area contributed by atoms with Gasteiger partial charge in [-0.3, -0.25) is 4.79 Å². The van der Waals surface area contributed by atoms with Gasteiger partial charge in [-0.2, -0.15) is 0 Å². The second-order valence-electron chi connectivity index (χ2n) is 3.73. The van der Waals surface area contributed by atoms with Gasteiger partial charge in [0.1, 0.15) is 6.04 Å². The van der Waals surface area contributed by atoms with Gasteiger partial charge in [-0.15, -0.1) is 0 Å². The summed E-state index contributed by atoms with van der Waals surface area (Å²) in [5.41, 5.74) is 0.446. The van der Waals surface area contributed by atoms with Gasteiger partial charge in [0.2, 0.25) is 0 Å². The minimum absolute atomic E-state index is 0.347. The summed E-state index contributed by atoms with van der Waals surface area (Å²) in [4.78, 5) is 22.8. The lowest BCUT2D eigenvalue weighted by molar-refractivity contribution is -0.139. The Hall–Kier alpha value is -1.88. The molecule has 1 aromatic rings. The van der Waals surface area contributed by atoms with Crippen LogP contribution in [0.25, 0.3) is 0 Å². The van der Waals surface area contributed by atoms with Gasteiger partial charge >= 0.3 is 5.97 Å². The molecule has 0 unspecified atom stereocenters. The van der Waals surface area contributed by atoms with Gasteiger partial charge in [-0.1, -0.05) is 18.2 Å². The molecule has 1 amide bonds. The second kappa shape index (κ2) is 6.00. The van der Waals surface area contributed by atoms with Crippen molar-refractivity contribution in [2.24, 2.45) is 0 Å². The largest absolute Gasteiger partial charge is 0.480 e. The van der Waals surface area contributed by atoms with Crippen LogP contribution in [-0.2, 0) is 4.79 Å². The number of hydrogen-bond donors (Lipinski definition) is 3. The number of carbonyl (C=O) groups is 2. The monoisotopic (exact) mass is 236 g/mol. The van der Waals surface area contributed by atoms with Crippen LogP contribution in [0.3, 0.4) is 0 Å². The molecule has 0 heterocycles. The molecule has 0 saturated carbocycles. The summed E-state index contributed by atoms with van der Waals surface area (Å²) in [6.07, 6.45) is 0. The van der Waals surface area contributed by atoms with Gasteiger partial charge < -0.3 is 15.7 Å². The summed E-state index contributed by atoms with van der Waals surface area (Å²) in [6, 6.07) is 7.23. The first-order chi connectivity index (χ1) is 8.06. The van der Waals surface area contributed by atoms with E-state index in [0.717, 1.165) is 0 Å². The zero-order chi connectivity index (χ0) is 12.8. The Morgan fingerprint density at radius 2 is 1.82 bits per heavy atom. The maximum absolute atomic E-state index is 11.8. The highest BCUT2D eigenvalue weighted by molar-refractivity contribution is 5.96. The van der Waals surface area contributed by atoms with Crippen molar-refractivity contribution < 1.29 is 14.7 Å². The van der Waals surface area contributed by atoms with E-state index in [-0.39, 0.29) is 11.9 Å². The Morgan fingerprint density at radius 3 is 2.29 bits per heavy atom. The highest BCUT2D eigenvalue weighted by Gasteiger charge is 2.25. The summed E-state index contributed by atoms with van der Waals surface area (Å²) in [7, 11) is 1.65. The van der Waals surface area contributed by atoms with Gasteiger partial charge in [0.25, 0.3) is 5.91 Å². The fourth-order valence-electron chi connectivity index (χ4n) is 1.38. The number of hydrogen-bond acceptors (Lipinski definition) is 3. The quantitative estimate of drug-likeness (QED) is 0.694. The van der Waals surface area contributed by atoms with Gasteiger partial charge in [-0.25, -0.2) is 4.79 Å². The van der Waals surface area contributed by atoms with E-state index in [1.165, 1.54) is 0 Å². The lowest BCUT2D eigenvalue weighted by Crippen LogP contribution is -2.52. The first-order valence-corrected chi connectivity index (χ1v) is 5.32. The molecule has 0 aromatic heterocycles. The number of carbonyl (C=O) groups excluding carboxylic acids is 1. The number of carboxylic acid groups (broad SMARTS) is 1. The maximum Gasteiger partial charge on any atom is 0.327 e. The number of nitrogens with one attached hydrogen (secondary N) is 2. The molecule has 0 saturated heterocycles. The zero-order valence-corrected chi connectivity index (χ0v) is 9.81. The lowest BCUT2D eigenvalue weighted by Gasteiger charge is -2.20. The molecule has 0 aliphatic rings. The van der Waals surface area contributed by atoms with E-state index in [2.05, 4.69) is 10.6 Å². The molecule has 5 heteroatoms. The number of likely N-dealkylation sites (N-methyl/N-ethyl adjacent to an activating group) is 1. The smallest absolute Gasteiger partial charge is 0.327 e. The highest BCUT2D eigenvalue weighted by Crippen LogP contribution is 2.01. The van der Waals surface area contributed by atoms with Gasteiger partial charge in [0.05, 0.1) is 0 Å². The third kappa shape index (κ3) is 3.57. The van der Waals surface area contributed by atoms with Crippen LogP contribution in [0.2, 0.25) is 0 Å². The maximum atomic E-state index is 11.8. The minimum atomic E-state index is -1.06. The Labute approximate surface area is 99.8 Å². The van der Waals surface area contributed by atoms with E-state index < -0.39 is 12.0 Å². The molecule has 0 aliphatic carbocycles. The molecule has 5 nitrogen and oxygen atoms in total. The van der Waals surface area contributed by atoms with Crippen molar-refractivity contribution in [3.05, 3.63) is 35.9 Å². The molecule has 0 fully saturated rings. The molecule has 0 bridgehead atoms. The molecule has 0 radical (unpaired) electrons. The van der Waals surface area contributed by atoms with Crippen molar-refractivity contribution in [1.29, 1.82) is 0 Å². The third-order valence-electron chi connectivity index (χ3n) is 2.54. The number of rotatable bonds is 5. The van der Waals surface area contributed by atoms with E-state index in [0.29, 0.717) is 5.56 Å². The van der Waals surface area contributed by atoms with Crippen molar-refractivity contribution >= 4 is 11.9 Å². The molecule has 0 aliphatic heterocycles. The molecule has 3 N–H and O–H groups in total. The van der Waals surface area contributed by atoms with Gasteiger partial charge in [-0.05, 0) is 26.1 Å². The highest BCUT2D eigenvalue weighted by atomic mass is 16.4. The van der Waals surface area contributed by atoms with Crippen LogP contribution in [0, 0.1) is 0 Å². The van der Waals surface area contributed by atoms with E-state index in [9.17, 15) is 9.59 Å².